The molecule has 0 radical (unpaired) electrons. The molecule has 1 unspecified atom stereocenters. The lowest BCUT2D eigenvalue weighted by molar-refractivity contribution is -0.384. The van der Waals surface area contributed by atoms with Crippen molar-refractivity contribution in [2.75, 3.05) is 0 Å². The highest BCUT2D eigenvalue weighted by Gasteiger charge is 2.10. The van der Waals surface area contributed by atoms with Crippen LogP contribution in [0.25, 0.3) is 0 Å². The summed E-state index contributed by atoms with van der Waals surface area (Å²) in [6.45, 7) is 1.90. The van der Waals surface area contributed by atoms with E-state index in [4.69, 9.17) is 16.3 Å². The van der Waals surface area contributed by atoms with E-state index >= 15 is 0 Å². The number of nitrogens with zero attached hydrogens (tertiary/aromatic N) is 1. The summed E-state index contributed by atoms with van der Waals surface area (Å²) in [4.78, 5) is 10.1. The fraction of sp³-hybridized carbons (Fsp3) is 0.200. The molecule has 1 atom stereocenters. The maximum Gasteiger partial charge on any atom is 0.270 e. The molecule has 0 fully saturated rings. The van der Waals surface area contributed by atoms with Crippen LogP contribution in [0.1, 0.15) is 24.2 Å². The molecular formula is C15H14ClNO4. The minimum atomic E-state index is -0.525. The molecule has 0 aliphatic carbocycles. The predicted octanol–water partition coefficient (Wildman–Crippen LogP) is 3.88. The Bertz CT molecular complexity index is 641. The van der Waals surface area contributed by atoms with Gasteiger partial charge in [-0.2, -0.15) is 0 Å². The first kappa shape index (κ1) is 15.3. The van der Waals surface area contributed by atoms with Crippen LogP contribution in [0.5, 0.6) is 5.75 Å². The topological polar surface area (TPSA) is 72.6 Å². The van der Waals surface area contributed by atoms with E-state index in [1.54, 1.807) is 37.3 Å². The molecule has 0 bridgehead atoms. The molecule has 5 nitrogen and oxygen atoms in total. The van der Waals surface area contributed by atoms with Gasteiger partial charge in [-0.1, -0.05) is 23.7 Å². The van der Waals surface area contributed by atoms with Crippen LogP contribution in [0.4, 0.5) is 5.69 Å². The molecule has 0 amide bonds. The highest BCUT2D eigenvalue weighted by atomic mass is 35.5. The molecule has 0 heterocycles. The van der Waals surface area contributed by atoms with Gasteiger partial charge < -0.3 is 9.84 Å². The van der Waals surface area contributed by atoms with Crippen LogP contribution in [-0.2, 0) is 6.61 Å². The van der Waals surface area contributed by atoms with E-state index < -0.39 is 11.0 Å². The van der Waals surface area contributed by atoms with Crippen LogP contribution in [0.2, 0.25) is 5.02 Å². The van der Waals surface area contributed by atoms with Crippen LogP contribution in [-0.4, -0.2) is 10.0 Å². The lowest BCUT2D eigenvalue weighted by atomic mass is 10.1. The predicted molar refractivity (Wildman–Crippen MR) is 79.5 cm³/mol. The first-order valence-electron chi connectivity index (χ1n) is 6.31. The van der Waals surface area contributed by atoms with E-state index in [1.165, 1.54) is 12.1 Å². The Kier molecular flexibility index (Phi) is 4.77. The molecule has 110 valence electrons. The van der Waals surface area contributed by atoms with Gasteiger partial charge in [-0.3, -0.25) is 10.1 Å². The Hall–Kier alpha value is -2.11. The van der Waals surface area contributed by atoms with Gasteiger partial charge in [0.25, 0.3) is 5.69 Å². The van der Waals surface area contributed by atoms with Gasteiger partial charge in [0.05, 0.1) is 16.0 Å². The lowest BCUT2D eigenvalue weighted by Gasteiger charge is -2.09. The molecular weight excluding hydrogens is 294 g/mol. The highest BCUT2D eigenvalue weighted by Crippen LogP contribution is 2.24. The number of halogens is 1. The van der Waals surface area contributed by atoms with Gasteiger partial charge in [-0.05, 0) is 30.7 Å². The SMILES string of the molecule is CC(O)c1ccc(OCc2ccc([N+](=O)[O-])cc2Cl)cc1. The second kappa shape index (κ2) is 6.56. The Morgan fingerprint density at radius 2 is 1.95 bits per heavy atom. The number of non-ortho nitro benzene ring substituents is 1. The second-order valence-electron chi connectivity index (χ2n) is 4.57. The summed E-state index contributed by atoms with van der Waals surface area (Å²) in [5, 5.41) is 20.3. The fourth-order valence-electron chi connectivity index (χ4n) is 1.77. The molecule has 0 saturated heterocycles. The zero-order valence-electron chi connectivity index (χ0n) is 11.3. The molecule has 2 aromatic rings. The van der Waals surface area contributed by atoms with Crippen molar-refractivity contribution in [1.29, 1.82) is 0 Å². The number of hydrogen-bond acceptors (Lipinski definition) is 4. The van der Waals surface area contributed by atoms with Crippen molar-refractivity contribution in [3.63, 3.8) is 0 Å². The van der Waals surface area contributed by atoms with Crippen molar-refractivity contribution in [1.82, 2.24) is 0 Å². The third-order valence-electron chi connectivity index (χ3n) is 3.00. The molecule has 2 aromatic carbocycles. The Morgan fingerprint density at radius 3 is 2.48 bits per heavy atom. The molecule has 6 heteroatoms. The van der Waals surface area contributed by atoms with Crippen molar-refractivity contribution in [2.24, 2.45) is 0 Å². The average molecular weight is 308 g/mol. The average Bonchev–Trinajstić information content (AvgIpc) is 2.46. The largest absolute Gasteiger partial charge is 0.489 e. The van der Waals surface area contributed by atoms with Crippen molar-refractivity contribution >= 4 is 17.3 Å². The van der Waals surface area contributed by atoms with Gasteiger partial charge >= 0.3 is 0 Å². The van der Waals surface area contributed by atoms with Crippen molar-refractivity contribution in [3.05, 3.63) is 68.7 Å². The van der Waals surface area contributed by atoms with Gasteiger partial charge in [-0.15, -0.1) is 0 Å². The first-order chi connectivity index (χ1) is 9.97. The molecule has 0 spiro atoms. The van der Waals surface area contributed by atoms with Crippen molar-refractivity contribution in [3.8, 4) is 5.75 Å². The smallest absolute Gasteiger partial charge is 0.270 e. The molecule has 21 heavy (non-hydrogen) atoms. The van der Waals surface area contributed by atoms with E-state index in [1.807, 2.05) is 0 Å². The Labute approximate surface area is 126 Å². The molecule has 0 aromatic heterocycles. The summed E-state index contributed by atoms with van der Waals surface area (Å²) in [6, 6.07) is 11.3. The number of aliphatic hydroxyl groups excluding tert-OH is 1. The highest BCUT2D eigenvalue weighted by molar-refractivity contribution is 6.31. The van der Waals surface area contributed by atoms with Crippen molar-refractivity contribution < 1.29 is 14.8 Å². The summed E-state index contributed by atoms with van der Waals surface area (Å²) < 4.78 is 5.57. The zero-order chi connectivity index (χ0) is 15.4. The number of aliphatic hydroxyl groups is 1. The van der Waals surface area contributed by atoms with Crippen LogP contribution in [0.15, 0.2) is 42.5 Å². The lowest BCUT2D eigenvalue weighted by Crippen LogP contribution is -1.98. The normalized spacial score (nSPS) is 12.0. The molecule has 1 N–H and O–H groups in total. The van der Waals surface area contributed by atoms with E-state index in [0.717, 1.165) is 5.56 Å². The summed E-state index contributed by atoms with van der Waals surface area (Å²) >= 11 is 5.99. The zero-order valence-corrected chi connectivity index (χ0v) is 12.1. The Balaban J connectivity index is 2.04. The third-order valence-corrected chi connectivity index (χ3v) is 3.36. The Morgan fingerprint density at radius 1 is 1.29 bits per heavy atom. The monoisotopic (exact) mass is 307 g/mol. The number of ether oxygens (including phenoxy) is 1. The minimum Gasteiger partial charge on any atom is -0.489 e. The summed E-state index contributed by atoms with van der Waals surface area (Å²) in [7, 11) is 0. The number of rotatable bonds is 5. The van der Waals surface area contributed by atoms with Crippen LogP contribution >= 0.6 is 11.6 Å². The van der Waals surface area contributed by atoms with Gasteiger partial charge in [0.2, 0.25) is 0 Å². The third kappa shape index (κ3) is 3.93. The summed E-state index contributed by atoms with van der Waals surface area (Å²) in [5.41, 5.74) is 1.42. The number of benzene rings is 2. The van der Waals surface area contributed by atoms with E-state index in [2.05, 4.69) is 0 Å². The standard InChI is InChI=1S/C15H14ClNO4/c1-10(18)11-3-6-14(7-4-11)21-9-12-2-5-13(17(19)20)8-15(12)16/h2-8,10,18H,9H2,1H3. The van der Waals surface area contributed by atoms with Gasteiger partial charge in [-0.25, -0.2) is 0 Å². The first-order valence-corrected chi connectivity index (χ1v) is 6.69. The molecule has 0 aliphatic heterocycles. The van der Waals surface area contributed by atoms with Gasteiger partial charge in [0.15, 0.2) is 0 Å². The molecule has 0 aliphatic rings. The fourth-order valence-corrected chi connectivity index (χ4v) is 2.00. The number of nitro benzene ring substituents is 1. The van der Waals surface area contributed by atoms with Gasteiger partial charge in [0, 0.05) is 17.7 Å². The van der Waals surface area contributed by atoms with Crippen molar-refractivity contribution in [2.45, 2.75) is 19.6 Å². The summed E-state index contributed by atoms with van der Waals surface area (Å²) in [6.07, 6.45) is -0.525. The van der Waals surface area contributed by atoms with Crippen LogP contribution < -0.4 is 4.74 Å². The van der Waals surface area contributed by atoms with Gasteiger partial charge in [0.1, 0.15) is 12.4 Å². The quantitative estimate of drug-likeness (QED) is 0.672. The maximum absolute atomic E-state index is 10.6. The second-order valence-corrected chi connectivity index (χ2v) is 4.97. The molecule has 0 saturated carbocycles. The van der Waals surface area contributed by atoms with E-state index in [0.29, 0.717) is 16.3 Å². The van der Waals surface area contributed by atoms with Crippen LogP contribution in [0.3, 0.4) is 0 Å². The summed E-state index contributed by atoms with van der Waals surface area (Å²) in [5.74, 6) is 0.633. The number of nitro groups is 1. The van der Waals surface area contributed by atoms with E-state index in [-0.39, 0.29) is 12.3 Å². The number of hydrogen-bond donors (Lipinski definition) is 1. The minimum absolute atomic E-state index is 0.0509. The molecule has 2 rings (SSSR count). The maximum atomic E-state index is 10.6. The van der Waals surface area contributed by atoms with E-state index in [9.17, 15) is 15.2 Å². The van der Waals surface area contributed by atoms with Crippen LogP contribution in [0, 0.1) is 10.1 Å².